The Labute approximate surface area is 246 Å². The van der Waals surface area contributed by atoms with Gasteiger partial charge in [0, 0.05) is 61.9 Å². The molecule has 3 aliphatic heterocycles. The minimum atomic E-state index is -0.301. The standard InChI is InChI=1S/C30H39N9O3/c1-21-19-41-17-15-38(21)28-34-27(35-29(36-28)39-16-18-42-20-22(39)2)23-3-5-24(6-4-23)32-30(40)33-25-7-9-26(10-8-25)37-13-11-31-12-14-37/h3-10,21-22,31H,11-20H2,1-2H3,(H2,32,33,40)/t21-,22-/m1/s1. The summed E-state index contributed by atoms with van der Waals surface area (Å²) in [4.78, 5) is 34.0. The predicted molar refractivity (Wildman–Crippen MR) is 165 cm³/mol. The average molecular weight is 574 g/mol. The fourth-order valence-corrected chi connectivity index (χ4v) is 5.46. The van der Waals surface area contributed by atoms with Crippen LogP contribution in [-0.2, 0) is 9.47 Å². The van der Waals surface area contributed by atoms with Gasteiger partial charge in [-0.2, -0.15) is 15.0 Å². The Hall–Kier alpha value is -4.00. The Morgan fingerprint density at radius 3 is 1.81 bits per heavy atom. The fourth-order valence-electron chi connectivity index (χ4n) is 5.46. The number of hydrogen-bond donors (Lipinski definition) is 3. The van der Waals surface area contributed by atoms with Crippen LogP contribution in [0.2, 0.25) is 0 Å². The summed E-state index contributed by atoms with van der Waals surface area (Å²) in [6.07, 6.45) is 0. The molecule has 0 saturated carbocycles. The third kappa shape index (κ3) is 6.56. The first-order valence-corrected chi connectivity index (χ1v) is 14.7. The Morgan fingerprint density at radius 1 is 0.762 bits per heavy atom. The van der Waals surface area contributed by atoms with Gasteiger partial charge in [-0.15, -0.1) is 0 Å². The van der Waals surface area contributed by atoms with Gasteiger partial charge in [-0.1, -0.05) is 0 Å². The topological polar surface area (TPSA) is 120 Å². The number of anilines is 5. The zero-order chi connectivity index (χ0) is 28.9. The van der Waals surface area contributed by atoms with E-state index in [1.165, 1.54) is 0 Å². The molecule has 1 aromatic heterocycles. The van der Waals surface area contributed by atoms with Crippen LogP contribution >= 0.6 is 0 Å². The van der Waals surface area contributed by atoms with E-state index in [1.54, 1.807) is 0 Å². The van der Waals surface area contributed by atoms with Crippen LogP contribution < -0.4 is 30.7 Å². The van der Waals surface area contributed by atoms with Crippen LogP contribution in [-0.4, -0.2) is 98.8 Å². The third-order valence-corrected chi connectivity index (χ3v) is 7.87. The second kappa shape index (κ2) is 12.9. The molecule has 0 aliphatic carbocycles. The molecule has 222 valence electrons. The molecule has 3 aromatic rings. The number of rotatable bonds is 6. The third-order valence-electron chi connectivity index (χ3n) is 7.87. The van der Waals surface area contributed by atoms with Crippen molar-refractivity contribution in [2.45, 2.75) is 25.9 Å². The Bertz CT molecular complexity index is 1310. The Balaban J connectivity index is 1.16. The van der Waals surface area contributed by atoms with Crippen molar-refractivity contribution in [3.05, 3.63) is 48.5 Å². The van der Waals surface area contributed by atoms with Gasteiger partial charge in [0.25, 0.3) is 0 Å². The van der Waals surface area contributed by atoms with Crippen molar-refractivity contribution in [1.29, 1.82) is 0 Å². The summed E-state index contributed by atoms with van der Waals surface area (Å²) in [5.41, 5.74) is 3.42. The Kier molecular flexibility index (Phi) is 8.63. The summed E-state index contributed by atoms with van der Waals surface area (Å²) in [7, 11) is 0. The van der Waals surface area contributed by atoms with E-state index in [0.29, 0.717) is 49.8 Å². The molecule has 12 nitrogen and oxygen atoms in total. The molecule has 3 N–H and O–H groups in total. The molecule has 0 unspecified atom stereocenters. The zero-order valence-corrected chi connectivity index (χ0v) is 24.3. The summed E-state index contributed by atoms with van der Waals surface area (Å²) in [6.45, 7) is 12.1. The number of benzene rings is 2. The van der Waals surface area contributed by atoms with Gasteiger partial charge >= 0.3 is 6.03 Å². The van der Waals surface area contributed by atoms with E-state index in [9.17, 15) is 4.79 Å². The van der Waals surface area contributed by atoms with Crippen LogP contribution in [0.1, 0.15) is 13.8 Å². The molecule has 2 amide bonds. The molecule has 6 rings (SSSR count). The molecule has 0 spiro atoms. The lowest BCUT2D eigenvalue weighted by Crippen LogP contribution is -2.46. The number of ether oxygens (including phenoxy) is 2. The molecule has 3 saturated heterocycles. The highest BCUT2D eigenvalue weighted by molar-refractivity contribution is 5.99. The number of morpholine rings is 2. The number of carbonyl (C=O) groups is 1. The monoisotopic (exact) mass is 573 g/mol. The van der Waals surface area contributed by atoms with Crippen LogP contribution in [0.25, 0.3) is 11.4 Å². The molecule has 0 bridgehead atoms. The maximum absolute atomic E-state index is 12.7. The van der Waals surface area contributed by atoms with Crippen LogP contribution in [0, 0.1) is 0 Å². The molecule has 3 fully saturated rings. The second-order valence-electron chi connectivity index (χ2n) is 10.9. The van der Waals surface area contributed by atoms with Crippen LogP contribution in [0.3, 0.4) is 0 Å². The molecule has 3 aliphatic rings. The van der Waals surface area contributed by atoms with Crippen LogP contribution in [0.4, 0.5) is 33.8 Å². The van der Waals surface area contributed by atoms with Crippen molar-refractivity contribution in [2.75, 3.05) is 91.0 Å². The largest absolute Gasteiger partial charge is 0.377 e. The van der Waals surface area contributed by atoms with Crippen molar-refractivity contribution >= 4 is 35.0 Å². The van der Waals surface area contributed by atoms with E-state index in [-0.39, 0.29) is 18.1 Å². The first kappa shape index (κ1) is 28.1. The number of nitrogens with one attached hydrogen (secondary N) is 3. The van der Waals surface area contributed by atoms with E-state index in [1.807, 2.05) is 48.5 Å². The van der Waals surface area contributed by atoms with Crippen molar-refractivity contribution in [1.82, 2.24) is 20.3 Å². The lowest BCUT2D eigenvalue weighted by atomic mass is 10.2. The number of carbonyl (C=O) groups excluding carboxylic acids is 1. The minimum absolute atomic E-state index is 0.160. The second-order valence-corrected chi connectivity index (χ2v) is 10.9. The van der Waals surface area contributed by atoms with E-state index < -0.39 is 0 Å². The van der Waals surface area contributed by atoms with Gasteiger partial charge in [0.2, 0.25) is 11.9 Å². The number of piperazine rings is 1. The number of urea groups is 1. The minimum Gasteiger partial charge on any atom is -0.377 e. The van der Waals surface area contributed by atoms with Gasteiger partial charge < -0.3 is 40.1 Å². The number of amides is 2. The van der Waals surface area contributed by atoms with Crippen molar-refractivity contribution < 1.29 is 14.3 Å². The summed E-state index contributed by atoms with van der Waals surface area (Å²) in [5.74, 6) is 1.89. The molecular weight excluding hydrogens is 534 g/mol. The van der Waals surface area contributed by atoms with Gasteiger partial charge in [0.15, 0.2) is 5.82 Å². The lowest BCUT2D eigenvalue weighted by Gasteiger charge is -2.36. The predicted octanol–water partition coefficient (Wildman–Crippen LogP) is 3.04. The van der Waals surface area contributed by atoms with Gasteiger partial charge in [-0.05, 0) is 62.4 Å². The summed E-state index contributed by atoms with van der Waals surface area (Å²) < 4.78 is 11.3. The molecule has 42 heavy (non-hydrogen) atoms. The number of aromatic nitrogens is 3. The maximum Gasteiger partial charge on any atom is 0.323 e. The molecule has 0 radical (unpaired) electrons. The smallest absolute Gasteiger partial charge is 0.323 e. The van der Waals surface area contributed by atoms with Gasteiger partial charge in [0.05, 0.1) is 38.5 Å². The van der Waals surface area contributed by atoms with Crippen molar-refractivity contribution in [2.24, 2.45) is 0 Å². The molecule has 4 heterocycles. The van der Waals surface area contributed by atoms with Gasteiger partial charge in [-0.25, -0.2) is 4.79 Å². The molecular formula is C30H39N9O3. The van der Waals surface area contributed by atoms with Gasteiger partial charge in [-0.3, -0.25) is 0 Å². The van der Waals surface area contributed by atoms with E-state index in [4.69, 9.17) is 24.4 Å². The molecule has 2 atom stereocenters. The summed E-state index contributed by atoms with van der Waals surface area (Å²) >= 11 is 0. The first-order chi connectivity index (χ1) is 20.5. The first-order valence-electron chi connectivity index (χ1n) is 14.7. The normalized spacial score (nSPS) is 21.2. The molecule has 2 aromatic carbocycles. The fraction of sp³-hybridized carbons (Fsp3) is 0.467. The number of hydrogen-bond acceptors (Lipinski definition) is 10. The van der Waals surface area contributed by atoms with Crippen molar-refractivity contribution in [3.63, 3.8) is 0 Å². The highest BCUT2D eigenvalue weighted by Crippen LogP contribution is 2.26. The SMILES string of the molecule is C[C@@H]1COCCN1c1nc(-c2ccc(NC(=O)Nc3ccc(N4CCNCC4)cc3)cc2)nc(N2CCOC[C@H]2C)n1. The molecule has 12 heteroatoms. The zero-order valence-electron chi connectivity index (χ0n) is 24.3. The highest BCUT2D eigenvalue weighted by atomic mass is 16.5. The van der Waals surface area contributed by atoms with Crippen molar-refractivity contribution in [3.8, 4) is 11.4 Å². The van der Waals surface area contributed by atoms with Gasteiger partial charge in [0.1, 0.15) is 0 Å². The Morgan fingerprint density at radius 2 is 1.29 bits per heavy atom. The average Bonchev–Trinajstić information content (AvgIpc) is 3.02. The number of nitrogens with zero attached hydrogens (tertiary/aromatic N) is 6. The van der Waals surface area contributed by atoms with Crippen LogP contribution in [0.5, 0.6) is 0 Å². The van der Waals surface area contributed by atoms with E-state index in [0.717, 1.165) is 56.2 Å². The maximum atomic E-state index is 12.7. The lowest BCUT2D eigenvalue weighted by molar-refractivity contribution is 0.0969. The van der Waals surface area contributed by atoms with E-state index in [2.05, 4.69) is 44.5 Å². The summed E-state index contributed by atoms with van der Waals surface area (Å²) in [5, 5.41) is 9.20. The van der Waals surface area contributed by atoms with Crippen LogP contribution in [0.15, 0.2) is 48.5 Å². The summed E-state index contributed by atoms with van der Waals surface area (Å²) in [6, 6.07) is 15.5. The highest BCUT2D eigenvalue weighted by Gasteiger charge is 2.27. The van der Waals surface area contributed by atoms with E-state index >= 15 is 0 Å². The quantitative estimate of drug-likeness (QED) is 0.406.